The number of anilines is 1. The summed E-state index contributed by atoms with van der Waals surface area (Å²) in [5.41, 5.74) is 2.35. The Morgan fingerprint density at radius 1 is 1.50 bits per heavy atom. The van der Waals surface area contributed by atoms with E-state index in [-0.39, 0.29) is 5.28 Å². The van der Waals surface area contributed by atoms with Crippen LogP contribution in [-0.4, -0.2) is 16.5 Å². The first-order valence-corrected chi connectivity index (χ1v) is 6.32. The zero-order chi connectivity index (χ0) is 11.4. The van der Waals surface area contributed by atoms with Gasteiger partial charge in [0.2, 0.25) is 5.28 Å². The van der Waals surface area contributed by atoms with Crippen LogP contribution in [0.4, 0.5) is 5.82 Å². The molecule has 0 spiro atoms. The summed E-state index contributed by atoms with van der Waals surface area (Å²) in [6.45, 7) is 2.81. The second-order valence-electron chi connectivity index (χ2n) is 3.48. The van der Waals surface area contributed by atoms with Gasteiger partial charge in [0.05, 0.1) is 0 Å². The summed E-state index contributed by atoms with van der Waals surface area (Å²) in [5.74, 6) is 0.815. The number of aromatic nitrogens is 2. The van der Waals surface area contributed by atoms with Crippen LogP contribution < -0.4 is 5.32 Å². The summed E-state index contributed by atoms with van der Waals surface area (Å²) in [6, 6.07) is 2.13. The van der Waals surface area contributed by atoms with Crippen molar-refractivity contribution in [3.63, 3.8) is 0 Å². The lowest BCUT2D eigenvalue weighted by molar-refractivity contribution is 0.996. The van der Waals surface area contributed by atoms with Gasteiger partial charge in [0.1, 0.15) is 5.82 Å². The Morgan fingerprint density at radius 3 is 3.12 bits per heavy atom. The van der Waals surface area contributed by atoms with Gasteiger partial charge in [-0.15, -0.1) is 0 Å². The van der Waals surface area contributed by atoms with Crippen LogP contribution in [0.5, 0.6) is 0 Å². The first kappa shape index (κ1) is 11.4. The van der Waals surface area contributed by atoms with Gasteiger partial charge in [0.15, 0.2) is 0 Å². The lowest BCUT2D eigenvalue weighted by atomic mass is 10.2. The van der Waals surface area contributed by atoms with Gasteiger partial charge in [-0.25, -0.2) is 9.97 Å². The van der Waals surface area contributed by atoms with Gasteiger partial charge in [0.25, 0.3) is 0 Å². The summed E-state index contributed by atoms with van der Waals surface area (Å²) in [5, 5.41) is 7.78. The van der Waals surface area contributed by atoms with E-state index in [0.29, 0.717) is 0 Å². The Kier molecular flexibility index (Phi) is 3.74. The van der Waals surface area contributed by atoms with Crippen molar-refractivity contribution >= 4 is 28.8 Å². The van der Waals surface area contributed by atoms with Crippen molar-refractivity contribution in [2.45, 2.75) is 13.3 Å². The minimum atomic E-state index is 0.281. The molecule has 0 amide bonds. The maximum atomic E-state index is 5.73. The Morgan fingerprint density at radius 2 is 2.38 bits per heavy atom. The highest BCUT2D eigenvalue weighted by Crippen LogP contribution is 2.13. The predicted octanol–water partition coefficient (Wildman–Crippen LogP) is 3.15. The fraction of sp³-hybridized carbons (Fsp3) is 0.273. The van der Waals surface area contributed by atoms with Gasteiger partial charge < -0.3 is 5.32 Å². The van der Waals surface area contributed by atoms with Crippen molar-refractivity contribution in [1.82, 2.24) is 9.97 Å². The van der Waals surface area contributed by atoms with Crippen LogP contribution in [0.3, 0.4) is 0 Å². The normalized spacial score (nSPS) is 10.4. The molecule has 0 unspecified atom stereocenters. The third kappa shape index (κ3) is 2.93. The third-order valence-corrected chi connectivity index (χ3v) is 3.14. The smallest absolute Gasteiger partial charge is 0.224 e. The Hall–Kier alpha value is -1.13. The predicted molar refractivity (Wildman–Crippen MR) is 68.3 cm³/mol. The zero-order valence-electron chi connectivity index (χ0n) is 8.90. The zero-order valence-corrected chi connectivity index (χ0v) is 10.5. The third-order valence-electron chi connectivity index (χ3n) is 2.23. The van der Waals surface area contributed by atoms with E-state index in [4.69, 9.17) is 11.6 Å². The molecule has 0 saturated carbocycles. The van der Waals surface area contributed by atoms with Crippen LogP contribution in [0.25, 0.3) is 0 Å². The number of rotatable bonds is 4. The molecule has 0 bridgehead atoms. The topological polar surface area (TPSA) is 37.8 Å². The maximum absolute atomic E-state index is 5.73. The number of nitrogens with zero attached hydrogens (tertiary/aromatic N) is 2. The molecule has 3 nitrogen and oxygen atoms in total. The standard InChI is InChI=1S/C11H12ClN3S/c1-8-6-14-11(12)15-10(8)13-4-2-9-3-5-16-7-9/h3,5-7H,2,4H2,1H3,(H,13,14,15). The molecule has 0 fully saturated rings. The quantitative estimate of drug-likeness (QED) is 0.851. The molecule has 5 heteroatoms. The average molecular weight is 254 g/mol. The molecule has 0 atom stereocenters. The Labute approximate surface area is 104 Å². The highest BCUT2D eigenvalue weighted by molar-refractivity contribution is 7.07. The largest absolute Gasteiger partial charge is 0.369 e. The van der Waals surface area contributed by atoms with Gasteiger partial charge in [-0.05, 0) is 47.3 Å². The van der Waals surface area contributed by atoms with E-state index in [1.54, 1.807) is 17.5 Å². The monoisotopic (exact) mass is 253 g/mol. The number of nitrogens with one attached hydrogen (secondary N) is 1. The number of hydrogen-bond acceptors (Lipinski definition) is 4. The van der Waals surface area contributed by atoms with E-state index >= 15 is 0 Å². The number of aryl methyl sites for hydroxylation is 1. The van der Waals surface area contributed by atoms with E-state index < -0.39 is 0 Å². The fourth-order valence-electron chi connectivity index (χ4n) is 1.36. The summed E-state index contributed by atoms with van der Waals surface area (Å²) >= 11 is 7.45. The Bertz CT molecular complexity index is 456. The SMILES string of the molecule is Cc1cnc(Cl)nc1NCCc1ccsc1. The molecule has 2 heterocycles. The molecule has 2 aromatic heterocycles. The second kappa shape index (κ2) is 5.27. The molecule has 1 N–H and O–H groups in total. The van der Waals surface area contributed by atoms with Crippen molar-refractivity contribution in [2.24, 2.45) is 0 Å². The van der Waals surface area contributed by atoms with Gasteiger partial charge in [-0.2, -0.15) is 11.3 Å². The van der Waals surface area contributed by atoms with Crippen molar-refractivity contribution < 1.29 is 0 Å². The molecule has 0 aliphatic heterocycles. The molecule has 0 saturated heterocycles. The lowest BCUT2D eigenvalue weighted by Gasteiger charge is -2.07. The molecule has 0 aliphatic rings. The number of halogens is 1. The van der Waals surface area contributed by atoms with Crippen LogP contribution in [0.15, 0.2) is 23.0 Å². The van der Waals surface area contributed by atoms with E-state index in [9.17, 15) is 0 Å². The van der Waals surface area contributed by atoms with E-state index in [1.165, 1.54) is 5.56 Å². The molecular formula is C11H12ClN3S. The summed E-state index contributed by atoms with van der Waals surface area (Å²) in [7, 11) is 0. The molecule has 2 rings (SSSR count). The van der Waals surface area contributed by atoms with Crippen LogP contribution in [0.1, 0.15) is 11.1 Å². The molecule has 0 radical (unpaired) electrons. The van der Waals surface area contributed by atoms with Gasteiger partial charge >= 0.3 is 0 Å². The first-order valence-electron chi connectivity index (χ1n) is 5.00. The summed E-state index contributed by atoms with van der Waals surface area (Å²) in [6.07, 6.45) is 2.72. The average Bonchev–Trinajstić information content (AvgIpc) is 2.76. The molecular weight excluding hydrogens is 242 g/mol. The fourth-order valence-corrected chi connectivity index (χ4v) is 2.20. The van der Waals surface area contributed by atoms with Crippen molar-refractivity contribution in [1.29, 1.82) is 0 Å². The highest BCUT2D eigenvalue weighted by atomic mass is 35.5. The molecule has 0 aliphatic carbocycles. The van der Waals surface area contributed by atoms with E-state index in [1.807, 2.05) is 6.92 Å². The Balaban J connectivity index is 1.92. The van der Waals surface area contributed by atoms with E-state index in [0.717, 1.165) is 24.3 Å². The number of thiophene rings is 1. The maximum Gasteiger partial charge on any atom is 0.224 e. The minimum Gasteiger partial charge on any atom is -0.369 e. The second-order valence-corrected chi connectivity index (χ2v) is 4.60. The minimum absolute atomic E-state index is 0.281. The van der Waals surface area contributed by atoms with Gasteiger partial charge in [-0.1, -0.05) is 0 Å². The van der Waals surface area contributed by atoms with Crippen molar-refractivity contribution in [2.75, 3.05) is 11.9 Å². The molecule has 16 heavy (non-hydrogen) atoms. The van der Waals surface area contributed by atoms with Crippen molar-refractivity contribution in [3.05, 3.63) is 39.4 Å². The summed E-state index contributed by atoms with van der Waals surface area (Å²) in [4.78, 5) is 8.05. The molecule has 84 valence electrons. The van der Waals surface area contributed by atoms with Crippen LogP contribution >= 0.6 is 22.9 Å². The highest BCUT2D eigenvalue weighted by Gasteiger charge is 2.01. The van der Waals surface area contributed by atoms with E-state index in [2.05, 4.69) is 32.1 Å². The molecule has 0 aromatic carbocycles. The molecule has 2 aromatic rings. The van der Waals surface area contributed by atoms with Gasteiger partial charge in [-0.3, -0.25) is 0 Å². The lowest BCUT2D eigenvalue weighted by Crippen LogP contribution is -2.07. The number of hydrogen-bond donors (Lipinski definition) is 1. The van der Waals surface area contributed by atoms with Crippen LogP contribution in [-0.2, 0) is 6.42 Å². The van der Waals surface area contributed by atoms with Crippen LogP contribution in [0, 0.1) is 6.92 Å². The summed E-state index contributed by atoms with van der Waals surface area (Å²) < 4.78 is 0. The first-order chi connectivity index (χ1) is 7.75. The van der Waals surface area contributed by atoms with Crippen molar-refractivity contribution in [3.8, 4) is 0 Å². The van der Waals surface area contributed by atoms with Crippen LogP contribution in [0.2, 0.25) is 5.28 Å². The van der Waals surface area contributed by atoms with Gasteiger partial charge in [0, 0.05) is 18.3 Å².